The third kappa shape index (κ3) is 6.06. The number of halogens is 1. The van der Waals surface area contributed by atoms with E-state index >= 15 is 0 Å². The van der Waals surface area contributed by atoms with Crippen LogP contribution in [0.3, 0.4) is 0 Å². The fourth-order valence-electron chi connectivity index (χ4n) is 3.16. The van der Waals surface area contributed by atoms with Crippen molar-refractivity contribution in [2.75, 3.05) is 5.75 Å². The molecule has 4 rings (SSSR count). The quantitative estimate of drug-likeness (QED) is 0.319. The van der Waals surface area contributed by atoms with Crippen LogP contribution in [0.4, 0.5) is 0 Å². The molecule has 3 aromatic carbocycles. The lowest BCUT2D eigenvalue weighted by Gasteiger charge is -2.19. The molecule has 0 bridgehead atoms. The van der Waals surface area contributed by atoms with Crippen molar-refractivity contribution in [1.29, 1.82) is 0 Å². The van der Waals surface area contributed by atoms with Crippen LogP contribution in [0, 0.1) is 0 Å². The molecule has 1 atom stereocenters. The number of carbonyl (C=O) groups is 1. The normalized spacial score (nSPS) is 11.8. The molecular weight excluding hydrogens is 474 g/mol. The molecule has 0 aliphatic carbocycles. The summed E-state index contributed by atoms with van der Waals surface area (Å²) < 4.78 is 6.63. The molecule has 1 N–H and O–H groups in total. The standard InChI is InChI=1S/C24H20BrN3O2S/c25-20-13-7-12-19(15-20)23-27-28-24(30-23)31-16-22(29)26-21(18-10-5-2-6-11-18)14-17-8-3-1-4-9-17/h1-13,15,21H,14,16H2,(H,26,29). The number of nitrogens with one attached hydrogen (secondary N) is 1. The second-order valence-electron chi connectivity index (χ2n) is 6.89. The molecule has 1 aromatic heterocycles. The van der Waals surface area contributed by atoms with Gasteiger partial charge in [-0.25, -0.2) is 0 Å². The number of amides is 1. The molecule has 0 saturated heterocycles. The lowest BCUT2D eigenvalue weighted by Crippen LogP contribution is -2.31. The Bertz CT molecular complexity index is 1140. The number of hydrogen-bond acceptors (Lipinski definition) is 5. The van der Waals surface area contributed by atoms with E-state index in [0.717, 1.165) is 22.0 Å². The van der Waals surface area contributed by atoms with Gasteiger partial charge in [-0.3, -0.25) is 4.79 Å². The number of hydrogen-bond donors (Lipinski definition) is 1. The summed E-state index contributed by atoms with van der Waals surface area (Å²) >= 11 is 4.66. The summed E-state index contributed by atoms with van der Waals surface area (Å²) in [5.41, 5.74) is 3.06. The monoisotopic (exact) mass is 493 g/mol. The first-order valence-corrected chi connectivity index (χ1v) is 11.6. The zero-order valence-corrected chi connectivity index (χ0v) is 19.0. The molecule has 0 spiro atoms. The minimum Gasteiger partial charge on any atom is -0.411 e. The Kier molecular flexibility index (Phi) is 7.17. The highest BCUT2D eigenvalue weighted by atomic mass is 79.9. The molecule has 0 aliphatic rings. The molecule has 0 fully saturated rings. The van der Waals surface area contributed by atoms with E-state index in [1.54, 1.807) is 0 Å². The lowest BCUT2D eigenvalue weighted by atomic mass is 9.99. The molecule has 1 unspecified atom stereocenters. The van der Waals surface area contributed by atoms with Gasteiger partial charge in [-0.2, -0.15) is 0 Å². The first-order valence-electron chi connectivity index (χ1n) is 9.78. The van der Waals surface area contributed by atoms with E-state index < -0.39 is 0 Å². The Balaban J connectivity index is 1.39. The Morgan fingerprint density at radius 2 is 1.71 bits per heavy atom. The summed E-state index contributed by atoms with van der Waals surface area (Å²) in [5, 5.41) is 11.6. The molecular formula is C24H20BrN3O2S. The van der Waals surface area contributed by atoms with E-state index in [1.807, 2.05) is 72.8 Å². The van der Waals surface area contributed by atoms with Gasteiger partial charge in [0.05, 0.1) is 11.8 Å². The number of aromatic nitrogens is 2. The fraction of sp³-hybridized carbons (Fsp3) is 0.125. The van der Waals surface area contributed by atoms with Gasteiger partial charge in [0.1, 0.15) is 0 Å². The smallest absolute Gasteiger partial charge is 0.277 e. The largest absolute Gasteiger partial charge is 0.411 e. The summed E-state index contributed by atoms with van der Waals surface area (Å²) in [4.78, 5) is 12.7. The SMILES string of the molecule is O=C(CSc1nnc(-c2cccc(Br)c2)o1)NC(Cc1ccccc1)c1ccccc1. The van der Waals surface area contributed by atoms with Crippen LogP contribution in [0.1, 0.15) is 17.2 Å². The molecule has 0 aliphatic heterocycles. The second kappa shape index (κ2) is 10.4. The highest BCUT2D eigenvalue weighted by Gasteiger charge is 2.17. The van der Waals surface area contributed by atoms with Crippen LogP contribution in [0.25, 0.3) is 11.5 Å². The summed E-state index contributed by atoms with van der Waals surface area (Å²) in [6.07, 6.45) is 0.717. The summed E-state index contributed by atoms with van der Waals surface area (Å²) in [6, 6.07) is 27.7. The van der Waals surface area contributed by atoms with E-state index in [1.165, 1.54) is 17.3 Å². The van der Waals surface area contributed by atoms with Crippen LogP contribution in [0.2, 0.25) is 0 Å². The number of thioether (sulfide) groups is 1. The van der Waals surface area contributed by atoms with Crippen molar-refractivity contribution in [2.45, 2.75) is 17.7 Å². The molecule has 31 heavy (non-hydrogen) atoms. The predicted octanol–water partition coefficient (Wildman–Crippen LogP) is 5.69. The minimum atomic E-state index is -0.114. The van der Waals surface area contributed by atoms with Gasteiger partial charge in [0.15, 0.2) is 0 Å². The van der Waals surface area contributed by atoms with Crippen LogP contribution in [0.5, 0.6) is 0 Å². The molecule has 1 heterocycles. The van der Waals surface area contributed by atoms with Gasteiger partial charge in [-0.05, 0) is 35.7 Å². The van der Waals surface area contributed by atoms with E-state index in [0.29, 0.717) is 11.1 Å². The van der Waals surface area contributed by atoms with E-state index in [4.69, 9.17) is 4.42 Å². The van der Waals surface area contributed by atoms with Crippen molar-refractivity contribution in [1.82, 2.24) is 15.5 Å². The van der Waals surface area contributed by atoms with Crippen LogP contribution < -0.4 is 5.32 Å². The van der Waals surface area contributed by atoms with Gasteiger partial charge in [0, 0.05) is 10.0 Å². The van der Waals surface area contributed by atoms with Crippen molar-refractivity contribution in [3.8, 4) is 11.5 Å². The van der Waals surface area contributed by atoms with Crippen LogP contribution in [0.15, 0.2) is 99.0 Å². The Labute approximate surface area is 193 Å². The van der Waals surface area contributed by atoms with Gasteiger partial charge >= 0.3 is 0 Å². The number of benzene rings is 3. The Morgan fingerprint density at radius 3 is 2.45 bits per heavy atom. The maximum Gasteiger partial charge on any atom is 0.277 e. The molecule has 5 nitrogen and oxygen atoms in total. The van der Waals surface area contributed by atoms with E-state index in [-0.39, 0.29) is 17.7 Å². The molecule has 7 heteroatoms. The van der Waals surface area contributed by atoms with Gasteiger partial charge in [0.2, 0.25) is 11.8 Å². The molecule has 4 aromatic rings. The summed E-state index contributed by atoms with van der Waals surface area (Å²) in [7, 11) is 0. The number of rotatable bonds is 8. The number of nitrogens with zero attached hydrogens (tertiary/aromatic N) is 2. The third-order valence-electron chi connectivity index (χ3n) is 4.62. The molecule has 0 saturated carbocycles. The fourth-order valence-corrected chi connectivity index (χ4v) is 4.13. The zero-order valence-electron chi connectivity index (χ0n) is 16.6. The van der Waals surface area contributed by atoms with Gasteiger partial charge < -0.3 is 9.73 Å². The lowest BCUT2D eigenvalue weighted by molar-refractivity contribution is -0.119. The zero-order chi connectivity index (χ0) is 21.5. The predicted molar refractivity (Wildman–Crippen MR) is 126 cm³/mol. The average molecular weight is 494 g/mol. The topological polar surface area (TPSA) is 68.0 Å². The van der Waals surface area contributed by atoms with Gasteiger partial charge in [-0.15, -0.1) is 10.2 Å². The highest BCUT2D eigenvalue weighted by Crippen LogP contribution is 2.25. The van der Waals surface area contributed by atoms with Crippen molar-refractivity contribution in [2.24, 2.45) is 0 Å². The van der Waals surface area contributed by atoms with Crippen LogP contribution in [-0.4, -0.2) is 21.9 Å². The van der Waals surface area contributed by atoms with Gasteiger partial charge in [0.25, 0.3) is 5.22 Å². The van der Waals surface area contributed by atoms with Crippen molar-refractivity contribution >= 4 is 33.6 Å². The van der Waals surface area contributed by atoms with Crippen molar-refractivity contribution in [3.63, 3.8) is 0 Å². The van der Waals surface area contributed by atoms with E-state index in [9.17, 15) is 4.79 Å². The van der Waals surface area contributed by atoms with E-state index in [2.05, 4.69) is 43.6 Å². The molecule has 156 valence electrons. The minimum absolute atomic E-state index is 0.0861. The van der Waals surface area contributed by atoms with Crippen LogP contribution >= 0.6 is 27.7 Å². The molecule has 1 amide bonds. The maximum atomic E-state index is 12.7. The van der Waals surface area contributed by atoms with Gasteiger partial charge in [-0.1, -0.05) is 94.4 Å². The van der Waals surface area contributed by atoms with Crippen molar-refractivity contribution < 1.29 is 9.21 Å². The third-order valence-corrected chi connectivity index (χ3v) is 5.94. The molecule has 0 radical (unpaired) electrons. The number of carbonyl (C=O) groups excluding carboxylic acids is 1. The highest BCUT2D eigenvalue weighted by molar-refractivity contribution is 9.10. The van der Waals surface area contributed by atoms with Crippen LogP contribution in [-0.2, 0) is 11.2 Å². The van der Waals surface area contributed by atoms with Crippen molar-refractivity contribution in [3.05, 3.63) is 101 Å². The Morgan fingerprint density at radius 1 is 0.968 bits per heavy atom. The Hall–Kier alpha value is -2.90. The first-order chi connectivity index (χ1) is 15.2. The first kappa shape index (κ1) is 21.3. The maximum absolute atomic E-state index is 12.7. The average Bonchev–Trinajstić information content (AvgIpc) is 3.28. The summed E-state index contributed by atoms with van der Waals surface area (Å²) in [5.74, 6) is 0.533. The second-order valence-corrected chi connectivity index (χ2v) is 8.73. The summed E-state index contributed by atoms with van der Waals surface area (Å²) in [6.45, 7) is 0.